The van der Waals surface area contributed by atoms with E-state index in [1.54, 1.807) is 36.0 Å². The van der Waals surface area contributed by atoms with Crippen LogP contribution in [0.4, 0.5) is 10.6 Å². The third kappa shape index (κ3) is 5.33. The van der Waals surface area contributed by atoms with Gasteiger partial charge in [0, 0.05) is 42.0 Å². The van der Waals surface area contributed by atoms with Crippen LogP contribution in [0.25, 0.3) is 11.1 Å². The molecular weight excluding hydrogens is 456 g/mol. The predicted octanol–water partition coefficient (Wildman–Crippen LogP) is 4.16. The van der Waals surface area contributed by atoms with E-state index in [2.05, 4.69) is 15.6 Å². The number of benzene rings is 2. The van der Waals surface area contributed by atoms with E-state index >= 15 is 0 Å². The average molecular weight is 483 g/mol. The van der Waals surface area contributed by atoms with Gasteiger partial charge in [0.25, 0.3) is 0 Å². The lowest BCUT2D eigenvalue weighted by Gasteiger charge is -2.27. The van der Waals surface area contributed by atoms with Crippen molar-refractivity contribution in [3.63, 3.8) is 0 Å². The van der Waals surface area contributed by atoms with Crippen molar-refractivity contribution < 1.29 is 14.7 Å². The van der Waals surface area contributed by atoms with Crippen molar-refractivity contribution in [1.82, 2.24) is 14.9 Å². The summed E-state index contributed by atoms with van der Waals surface area (Å²) in [6.45, 7) is 1.85. The minimum Gasteiger partial charge on any atom is -0.465 e. The second-order valence-corrected chi connectivity index (χ2v) is 8.38. The maximum atomic E-state index is 13.4. The molecule has 2 aromatic heterocycles. The summed E-state index contributed by atoms with van der Waals surface area (Å²) in [6.07, 6.45) is 0.300. The van der Waals surface area contributed by atoms with E-state index < -0.39 is 24.0 Å². The third-order valence-electron chi connectivity index (χ3n) is 6.15. The van der Waals surface area contributed by atoms with Crippen LogP contribution in [0.5, 0.6) is 0 Å². The summed E-state index contributed by atoms with van der Waals surface area (Å²) in [5.41, 5.74) is 3.92. The normalized spacial score (nSPS) is 11.6. The molecule has 0 radical (unpaired) electrons. The van der Waals surface area contributed by atoms with Gasteiger partial charge in [-0.3, -0.25) is 9.59 Å². The Labute approximate surface area is 208 Å². The van der Waals surface area contributed by atoms with Crippen molar-refractivity contribution in [1.29, 1.82) is 0 Å². The standard InChI is InChI=1S/C28H26N4O4/c1-18-22(14-16-24(33)32(18)2)21-13-15-23(29-17-21)30-27(34)26(31-28(35)36)25(19-9-5-3-6-10-19)20-11-7-4-8-12-20/h3-17,25-26,31H,1-2H3,(H,35,36)(H,29,30,34). The van der Waals surface area contributed by atoms with Gasteiger partial charge in [0.15, 0.2) is 0 Å². The topological polar surface area (TPSA) is 113 Å². The second-order valence-electron chi connectivity index (χ2n) is 8.38. The Bertz CT molecular complexity index is 1380. The van der Waals surface area contributed by atoms with Crippen LogP contribution in [0.3, 0.4) is 0 Å². The Hall–Kier alpha value is -4.72. The van der Waals surface area contributed by atoms with Gasteiger partial charge in [-0.05, 0) is 36.2 Å². The lowest BCUT2D eigenvalue weighted by molar-refractivity contribution is -0.118. The van der Waals surface area contributed by atoms with E-state index in [1.165, 1.54) is 6.07 Å². The molecule has 3 N–H and O–H groups in total. The summed E-state index contributed by atoms with van der Waals surface area (Å²) in [6, 6.07) is 24.2. The molecule has 0 saturated heterocycles. The van der Waals surface area contributed by atoms with Gasteiger partial charge < -0.3 is 20.3 Å². The van der Waals surface area contributed by atoms with Crippen molar-refractivity contribution >= 4 is 17.8 Å². The first kappa shape index (κ1) is 24.4. The summed E-state index contributed by atoms with van der Waals surface area (Å²) in [5.74, 6) is -0.812. The molecule has 0 aliphatic heterocycles. The van der Waals surface area contributed by atoms with Crippen molar-refractivity contribution in [3.8, 4) is 11.1 Å². The van der Waals surface area contributed by atoms with Gasteiger partial charge in [0.05, 0.1) is 0 Å². The zero-order chi connectivity index (χ0) is 25.7. The number of hydrogen-bond acceptors (Lipinski definition) is 4. The molecule has 0 saturated carbocycles. The number of carboxylic acid groups (broad SMARTS) is 1. The predicted molar refractivity (Wildman–Crippen MR) is 138 cm³/mol. The number of anilines is 1. The highest BCUT2D eigenvalue weighted by Gasteiger charge is 2.32. The van der Waals surface area contributed by atoms with Crippen LogP contribution >= 0.6 is 0 Å². The average Bonchev–Trinajstić information content (AvgIpc) is 2.89. The molecule has 4 aromatic rings. The summed E-state index contributed by atoms with van der Waals surface area (Å²) >= 11 is 0. The van der Waals surface area contributed by atoms with Crippen LogP contribution in [0.15, 0.2) is 95.9 Å². The van der Waals surface area contributed by atoms with E-state index in [0.717, 1.165) is 27.9 Å². The van der Waals surface area contributed by atoms with E-state index in [0.29, 0.717) is 0 Å². The summed E-state index contributed by atoms with van der Waals surface area (Å²) in [4.78, 5) is 41.3. The number of nitrogens with one attached hydrogen (secondary N) is 2. The highest BCUT2D eigenvalue weighted by Crippen LogP contribution is 2.29. The number of aromatic nitrogens is 2. The molecule has 182 valence electrons. The van der Waals surface area contributed by atoms with Gasteiger partial charge in [0.1, 0.15) is 11.9 Å². The monoisotopic (exact) mass is 482 g/mol. The van der Waals surface area contributed by atoms with Crippen LogP contribution in [0, 0.1) is 6.92 Å². The lowest BCUT2D eigenvalue weighted by Crippen LogP contribution is -2.47. The first-order chi connectivity index (χ1) is 17.3. The number of hydrogen-bond donors (Lipinski definition) is 3. The van der Waals surface area contributed by atoms with Crippen molar-refractivity contribution in [3.05, 3.63) is 118 Å². The molecule has 8 heteroatoms. The molecule has 2 amide bonds. The molecule has 0 aliphatic carbocycles. The minimum absolute atomic E-state index is 0.101. The number of amides is 2. The molecule has 1 unspecified atom stereocenters. The molecule has 0 fully saturated rings. The molecule has 2 aromatic carbocycles. The molecule has 8 nitrogen and oxygen atoms in total. The fourth-order valence-electron chi connectivity index (χ4n) is 4.20. The highest BCUT2D eigenvalue weighted by atomic mass is 16.4. The van der Waals surface area contributed by atoms with Crippen LogP contribution in [-0.4, -0.2) is 32.7 Å². The fourth-order valence-corrected chi connectivity index (χ4v) is 4.20. The quantitative estimate of drug-likeness (QED) is 0.366. The molecule has 4 rings (SSSR count). The van der Waals surface area contributed by atoms with Crippen molar-refractivity contribution in [2.75, 3.05) is 5.32 Å². The molecule has 0 spiro atoms. The van der Waals surface area contributed by atoms with Crippen LogP contribution in [-0.2, 0) is 11.8 Å². The van der Waals surface area contributed by atoms with Gasteiger partial charge in [0.2, 0.25) is 11.5 Å². The van der Waals surface area contributed by atoms with Crippen molar-refractivity contribution in [2.45, 2.75) is 18.9 Å². The summed E-state index contributed by atoms with van der Waals surface area (Å²) in [7, 11) is 1.70. The first-order valence-electron chi connectivity index (χ1n) is 11.4. The minimum atomic E-state index is -1.31. The van der Waals surface area contributed by atoms with Gasteiger partial charge in [-0.2, -0.15) is 0 Å². The Kier molecular flexibility index (Phi) is 7.25. The zero-order valence-corrected chi connectivity index (χ0v) is 19.9. The SMILES string of the molecule is Cc1c(-c2ccc(NC(=O)C(NC(=O)O)C(c3ccccc3)c3ccccc3)nc2)ccc(=O)n1C. The molecule has 2 heterocycles. The van der Waals surface area contributed by atoms with Crippen LogP contribution in [0.1, 0.15) is 22.7 Å². The van der Waals surface area contributed by atoms with Gasteiger partial charge in [-0.15, -0.1) is 0 Å². The largest absolute Gasteiger partial charge is 0.465 e. The lowest BCUT2D eigenvalue weighted by atomic mass is 9.84. The summed E-state index contributed by atoms with van der Waals surface area (Å²) < 4.78 is 1.56. The van der Waals surface area contributed by atoms with Gasteiger partial charge in [-0.1, -0.05) is 60.7 Å². The highest BCUT2D eigenvalue weighted by molar-refractivity contribution is 5.97. The van der Waals surface area contributed by atoms with Crippen molar-refractivity contribution in [2.24, 2.45) is 7.05 Å². The molecule has 36 heavy (non-hydrogen) atoms. The smallest absolute Gasteiger partial charge is 0.405 e. The molecular formula is C28H26N4O4. The number of carbonyl (C=O) groups is 2. The van der Waals surface area contributed by atoms with E-state index in [9.17, 15) is 19.5 Å². The first-order valence-corrected chi connectivity index (χ1v) is 11.4. The summed E-state index contributed by atoms with van der Waals surface area (Å²) in [5, 5.41) is 14.7. The van der Waals surface area contributed by atoms with Gasteiger partial charge in [-0.25, -0.2) is 9.78 Å². The Morgan fingerprint density at radius 2 is 1.50 bits per heavy atom. The second kappa shape index (κ2) is 10.7. The number of pyridine rings is 2. The van der Waals surface area contributed by atoms with E-state index in [1.807, 2.05) is 67.6 Å². The molecule has 0 bridgehead atoms. The molecule has 1 atom stereocenters. The Morgan fingerprint density at radius 3 is 2.03 bits per heavy atom. The molecule has 0 aliphatic rings. The number of nitrogens with zero attached hydrogens (tertiary/aromatic N) is 2. The van der Waals surface area contributed by atoms with Crippen LogP contribution < -0.4 is 16.2 Å². The van der Waals surface area contributed by atoms with Gasteiger partial charge >= 0.3 is 6.09 Å². The van der Waals surface area contributed by atoms with Crippen LogP contribution in [0.2, 0.25) is 0 Å². The number of rotatable bonds is 7. The Balaban J connectivity index is 1.64. The Morgan fingerprint density at radius 1 is 0.889 bits per heavy atom. The van der Waals surface area contributed by atoms with E-state index in [4.69, 9.17) is 0 Å². The zero-order valence-electron chi connectivity index (χ0n) is 19.9. The maximum Gasteiger partial charge on any atom is 0.405 e. The van der Waals surface area contributed by atoms with E-state index in [-0.39, 0.29) is 11.4 Å². The fraction of sp³-hybridized carbons (Fsp3) is 0.143. The number of carbonyl (C=O) groups excluding carboxylic acids is 1. The third-order valence-corrected chi connectivity index (χ3v) is 6.15. The maximum absolute atomic E-state index is 13.4.